The SMILES string of the molecule is O=C(Nc1cc(-c2c(-c3ccc(Cl)cc3)nc3cccnn23)ccn1)c1cccc[n+]1O. The summed E-state index contributed by atoms with van der Waals surface area (Å²) >= 11 is 6.06. The molecule has 8 nitrogen and oxygen atoms in total. The summed E-state index contributed by atoms with van der Waals surface area (Å²) in [5.41, 5.74) is 3.87. The van der Waals surface area contributed by atoms with Crippen molar-refractivity contribution >= 4 is 29.0 Å². The lowest BCUT2D eigenvalue weighted by Crippen LogP contribution is -2.39. The van der Waals surface area contributed by atoms with Crippen LogP contribution in [0, 0.1) is 0 Å². The maximum Gasteiger partial charge on any atom is 0.326 e. The molecule has 32 heavy (non-hydrogen) atoms. The highest BCUT2D eigenvalue weighted by atomic mass is 35.5. The Labute approximate surface area is 187 Å². The number of pyridine rings is 2. The number of nitrogens with one attached hydrogen (secondary N) is 1. The molecule has 1 amide bonds. The fourth-order valence-corrected chi connectivity index (χ4v) is 3.52. The highest BCUT2D eigenvalue weighted by Gasteiger charge is 2.21. The van der Waals surface area contributed by atoms with Crippen LogP contribution in [0.4, 0.5) is 5.82 Å². The molecule has 0 aliphatic rings. The van der Waals surface area contributed by atoms with E-state index >= 15 is 0 Å². The number of benzene rings is 1. The Morgan fingerprint density at radius 1 is 1.00 bits per heavy atom. The van der Waals surface area contributed by atoms with Gasteiger partial charge in [-0.1, -0.05) is 23.7 Å². The monoisotopic (exact) mass is 443 g/mol. The van der Waals surface area contributed by atoms with Crippen molar-refractivity contribution in [2.24, 2.45) is 0 Å². The molecule has 4 heterocycles. The first kappa shape index (κ1) is 19.7. The van der Waals surface area contributed by atoms with Gasteiger partial charge in [-0.2, -0.15) is 5.10 Å². The molecular weight excluding hydrogens is 428 g/mol. The van der Waals surface area contributed by atoms with Crippen LogP contribution < -0.4 is 10.0 Å². The first-order valence-electron chi connectivity index (χ1n) is 9.67. The summed E-state index contributed by atoms with van der Waals surface area (Å²) in [5.74, 6) is -0.170. The molecule has 0 aliphatic carbocycles. The number of anilines is 1. The highest BCUT2D eigenvalue weighted by Crippen LogP contribution is 2.33. The van der Waals surface area contributed by atoms with E-state index in [1.165, 1.54) is 12.3 Å². The van der Waals surface area contributed by atoms with Crippen molar-refractivity contribution < 1.29 is 14.7 Å². The molecule has 0 spiro atoms. The molecule has 0 unspecified atom stereocenters. The molecule has 2 N–H and O–H groups in total. The van der Waals surface area contributed by atoms with E-state index in [-0.39, 0.29) is 5.69 Å². The maximum atomic E-state index is 12.6. The van der Waals surface area contributed by atoms with Gasteiger partial charge in [0.15, 0.2) is 5.65 Å². The number of fused-ring (bicyclic) bond motifs is 1. The van der Waals surface area contributed by atoms with Gasteiger partial charge in [-0.05, 0) is 42.5 Å². The molecule has 0 bridgehead atoms. The Kier molecular flexibility index (Phi) is 4.97. The maximum absolute atomic E-state index is 12.6. The summed E-state index contributed by atoms with van der Waals surface area (Å²) in [6.45, 7) is 0. The Bertz CT molecular complexity index is 1450. The van der Waals surface area contributed by atoms with Crippen LogP contribution in [0.5, 0.6) is 0 Å². The van der Waals surface area contributed by atoms with Crippen molar-refractivity contribution in [3.8, 4) is 22.5 Å². The first-order chi connectivity index (χ1) is 15.6. The van der Waals surface area contributed by atoms with Gasteiger partial charge in [0.05, 0.1) is 5.69 Å². The third kappa shape index (κ3) is 3.63. The van der Waals surface area contributed by atoms with Crippen molar-refractivity contribution in [2.45, 2.75) is 0 Å². The third-order valence-corrected chi connectivity index (χ3v) is 5.11. The van der Waals surface area contributed by atoms with Gasteiger partial charge in [-0.15, -0.1) is 0 Å². The van der Waals surface area contributed by atoms with E-state index in [9.17, 15) is 10.0 Å². The van der Waals surface area contributed by atoms with E-state index in [1.807, 2.05) is 30.3 Å². The number of aromatic nitrogens is 5. The van der Waals surface area contributed by atoms with Gasteiger partial charge in [-0.25, -0.2) is 14.5 Å². The van der Waals surface area contributed by atoms with Gasteiger partial charge in [0.25, 0.3) is 0 Å². The van der Waals surface area contributed by atoms with E-state index in [0.29, 0.717) is 16.5 Å². The first-order valence-corrected chi connectivity index (χ1v) is 10.1. The van der Waals surface area contributed by atoms with Crippen molar-refractivity contribution in [1.29, 1.82) is 0 Å². The summed E-state index contributed by atoms with van der Waals surface area (Å²) in [5, 5.41) is 17.7. The van der Waals surface area contributed by atoms with Gasteiger partial charge >= 0.3 is 11.6 Å². The Balaban J connectivity index is 1.59. The Hall–Kier alpha value is -4.30. The molecule has 0 radical (unpaired) electrons. The fraction of sp³-hybridized carbons (Fsp3) is 0. The van der Waals surface area contributed by atoms with Gasteiger partial charge in [0.2, 0.25) is 6.20 Å². The van der Waals surface area contributed by atoms with E-state index in [4.69, 9.17) is 16.6 Å². The second-order valence-corrected chi connectivity index (χ2v) is 7.36. The summed E-state index contributed by atoms with van der Waals surface area (Å²) < 4.78 is 2.50. The van der Waals surface area contributed by atoms with Gasteiger partial charge in [-0.3, -0.25) is 10.0 Å². The molecule has 0 fully saturated rings. The zero-order valence-electron chi connectivity index (χ0n) is 16.6. The van der Waals surface area contributed by atoms with E-state index in [0.717, 1.165) is 27.2 Å². The molecular formula is C23H16ClN6O2+. The summed E-state index contributed by atoms with van der Waals surface area (Å²) in [6.07, 6.45) is 4.65. The minimum atomic E-state index is -0.494. The zero-order chi connectivity index (χ0) is 22.1. The lowest BCUT2D eigenvalue weighted by Gasteiger charge is -2.07. The number of hydrogen-bond donors (Lipinski definition) is 2. The number of carbonyl (C=O) groups excluding carboxylic acids is 1. The number of nitrogens with zero attached hydrogens (tertiary/aromatic N) is 5. The average molecular weight is 444 g/mol. The number of imidazole rings is 1. The topological polar surface area (TPSA) is 96.3 Å². The van der Waals surface area contributed by atoms with Gasteiger partial charge < -0.3 is 5.32 Å². The lowest BCUT2D eigenvalue weighted by molar-refractivity contribution is -0.905. The molecule has 1 aromatic carbocycles. The molecule has 156 valence electrons. The number of rotatable bonds is 4. The third-order valence-electron chi connectivity index (χ3n) is 4.86. The lowest BCUT2D eigenvalue weighted by atomic mass is 10.1. The number of halogens is 1. The number of amides is 1. The van der Waals surface area contributed by atoms with E-state index in [1.54, 1.807) is 47.2 Å². The Morgan fingerprint density at radius 3 is 2.66 bits per heavy atom. The van der Waals surface area contributed by atoms with E-state index in [2.05, 4.69) is 15.4 Å². The quantitative estimate of drug-likeness (QED) is 0.324. The van der Waals surface area contributed by atoms with Crippen molar-refractivity contribution in [3.05, 3.63) is 96.0 Å². The minimum absolute atomic E-state index is 0.0815. The van der Waals surface area contributed by atoms with Crippen LogP contribution in [0.3, 0.4) is 0 Å². The predicted molar refractivity (Wildman–Crippen MR) is 118 cm³/mol. The van der Waals surface area contributed by atoms with Crippen LogP contribution in [-0.4, -0.2) is 30.7 Å². The summed E-state index contributed by atoms with van der Waals surface area (Å²) in [4.78, 5) is 21.6. The number of hydrogen-bond acceptors (Lipinski definition) is 5. The molecule has 0 aliphatic heterocycles. The molecule has 4 aromatic heterocycles. The molecule has 0 saturated carbocycles. The summed E-state index contributed by atoms with van der Waals surface area (Å²) in [6, 6.07) is 19.4. The van der Waals surface area contributed by atoms with Crippen LogP contribution in [0.25, 0.3) is 28.2 Å². The van der Waals surface area contributed by atoms with Gasteiger partial charge in [0, 0.05) is 45.4 Å². The predicted octanol–water partition coefficient (Wildman–Crippen LogP) is 3.89. The number of carbonyl (C=O) groups is 1. The second kappa shape index (κ2) is 8.09. The molecule has 0 saturated heterocycles. The average Bonchev–Trinajstić information content (AvgIpc) is 3.19. The summed E-state index contributed by atoms with van der Waals surface area (Å²) in [7, 11) is 0. The van der Waals surface area contributed by atoms with Crippen LogP contribution in [-0.2, 0) is 0 Å². The Morgan fingerprint density at radius 2 is 1.84 bits per heavy atom. The van der Waals surface area contributed by atoms with Crippen molar-refractivity contribution in [3.63, 3.8) is 0 Å². The highest BCUT2D eigenvalue weighted by molar-refractivity contribution is 6.30. The normalized spacial score (nSPS) is 10.9. The standard InChI is InChI=1S/C23H15ClN6O2/c24-17-8-6-15(7-9-17)21-22(30-20(28-21)5-3-11-26-30)16-10-12-25-19(14-16)27-23(31)18-4-1-2-13-29(18)32/h1-14H,(H-,25,27,31,32)/p+1. The minimum Gasteiger partial charge on any atom is -0.301 e. The van der Waals surface area contributed by atoms with Crippen molar-refractivity contribution in [1.82, 2.24) is 19.6 Å². The molecule has 5 rings (SSSR count). The molecule has 5 aromatic rings. The van der Waals surface area contributed by atoms with Crippen LogP contribution in [0.15, 0.2) is 85.3 Å². The second-order valence-electron chi connectivity index (χ2n) is 6.92. The largest absolute Gasteiger partial charge is 0.326 e. The zero-order valence-corrected chi connectivity index (χ0v) is 17.3. The van der Waals surface area contributed by atoms with Crippen LogP contribution in [0.2, 0.25) is 5.02 Å². The molecule has 9 heteroatoms. The van der Waals surface area contributed by atoms with Crippen LogP contribution in [0.1, 0.15) is 10.5 Å². The smallest absolute Gasteiger partial charge is 0.301 e. The fourth-order valence-electron chi connectivity index (χ4n) is 3.40. The molecule has 0 atom stereocenters. The van der Waals surface area contributed by atoms with Crippen molar-refractivity contribution in [2.75, 3.05) is 5.32 Å². The van der Waals surface area contributed by atoms with E-state index < -0.39 is 5.91 Å². The van der Waals surface area contributed by atoms with Gasteiger partial charge in [0.1, 0.15) is 11.5 Å². The van der Waals surface area contributed by atoms with Crippen LogP contribution >= 0.6 is 11.6 Å².